The van der Waals surface area contributed by atoms with Crippen LogP contribution in [0.5, 0.6) is 5.75 Å². The lowest BCUT2D eigenvalue weighted by atomic mass is 10.0. The summed E-state index contributed by atoms with van der Waals surface area (Å²) >= 11 is 0. The second-order valence-corrected chi connectivity index (χ2v) is 5.09. The van der Waals surface area contributed by atoms with Crippen molar-refractivity contribution < 1.29 is 17.9 Å². The topological polar surface area (TPSA) is 47.3 Å². The number of rotatable bonds is 4. The van der Waals surface area contributed by atoms with Crippen LogP contribution in [0.4, 0.5) is 18.9 Å². The Labute approximate surface area is 116 Å². The lowest BCUT2D eigenvalue weighted by Gasteiger charge is -2.23. The van der Waals surface area contributed by atoms with E-state index < -0.39 is 11.7 Å². The molecule has 1 aromatic carbocycles. The van der Waals surface area contributed by atoms with Crippen molar-refractivity contribution in [2.75, 3.05) is 19.0 Å². The molecule has 3 N–H and O–H groups in total. The molecule has 0 aromatic heterocycles. The number of anilines is 1. The second kappa shape index (κ2) is 5.91. The fraction of sp³-hybridized carbons (Fsp3) is 0.571. The number of ether oxygens (including phenoxy) is 1. The number of benzene rings is 1. The van der Waals surface area contributed by atoms with Gasteiger partial charge in [0.25, 0.3) is 0 Å². The largest absolute Gasteiger partial charge is 0.497 e. The predicted molar refractivity (Wildman–Crippen MR) is 71.8 cm³/mol. The van der Waals surface area contributed by atoms with Gasteiger partial charge < -0.3 is 15.8 Å². The lowest BCUT2D eigenvalue weighted by Crippen LogP contribution is -2.30. The molecule has 0 radical (unpaired) electrons. The summed E-state index contributed by atoms with van der Waals surface area (Å²) in [4.78, 5) is 0. The monoisotopic (exact) mass is 288 g/mol. The van der Waals surface area contributed by atoms with Crippen molar-refractivity contribution in [2.45, 2.75) is 31.5 Å². The number of methoxy groups -OCH3 is 1. The summed E-state index contributed by atoms with van der Waals surface area (Å²) in [6.07, 6.45) is -1.60. The molecule has 20 heavy (non-hydrogen) atoms. The minimum absolute atomic E-state index is 0.00879. The normalized spacial score (nSPS) is 22.9. The fourth-order valence-electron chi connectivity index (χ4n) is 2.72. The third kappa shape index (κ3) is 3.17. The summed E-state index contributed by atoms with van der Waals surface area (Å²) in [6.45, 7) is 0.495. The van der Waals surface area contributed by atoms with Crippen molar-refractivity contribution in [3.63, 3.8) is 0 Å². The highest BCUT2D eigenvalue weighted by molar-refractivity contribution is 5.56. The van der Waals surface area contributed by atoms with Crippen molar-refractivity contribution in [1.29, 1.82) is 0 Å². The highest BCUT2D eigenvalue weighted by Gasteiger charge is 2.35. The first-order chi connectivity index (χ1) is 9.45. The maximum absolute atomic E-state index is 13.1. The van der Waals surface area contributed by atoms with E-state index >= 15 is 0 Å². The minimum atomic E-state index is -4.41. The van der Waals surface area contributed by atoms with Crippen LogP contribution in [0.15, 0.2) is 18.2 Å². The smallest absolute Gasteiger partial charge is 0.418 e. The van der Waals surface area contributed by atoms with Crippen LogP contribution in [0.25, 0.3) is 0 Å². The molecule has 0 amide bonds. The molecule has 1 fully saturated rings. The van der Waals surface area contributed by atoms with E-state index in [0.29, 0.717) is 6.54 Å². The zero-order valence-electron chi connectivity index (χ0n) is 11.3. The number of nitrogens with two attached hydrogens (primary N) is 1. The summed E-state index contributed by atoms with van der Waals surface area (Å²) in [6, 6.07) is 3.99. The van der Waals surface area contributed by atoms with Gasteiger partial charge in [-0.15, -0.1) is 0 Å². The molecule has 2 rings (SSSR count). The van der Waals surface area contributed by atoms with Crippen LogP contribution in [0.1, 0.15) is 24.8 Å². The molecule has 6 heteroatoms. The summed E-state index contributed by atoms with van der Waals surface area (Å²) < 4.78 is 44.2. The van der Waals surface area contributed by atoms with Gasteiger partial charge >= 0.3 is 6.18 Å². The zero-order valence-corrected chi connectivity index (χ0v) is 11.3. The van der Waals surface area contributed by atoms with E-state index in [2.05, 4.69) is 5.32 Å². The molecular formula is C14H19F3N2O. The van der Waals surface area contributed by atoms with E-state index in [1.165, 1.54) is 19.2 Å². The van der Waals surface area contributed by atoms with Gasteiger partial charge in [0.2, 0.25) is 0 Å². The minimum Gasteiger partial charge on any atom is -0.497 e. The van der Waals surface area contributed by atoms with Gasteiger partial charge in [-0.25, -0.2) is 0 Å². The number of nitrogens with one attached hydrogen (secondary N) is 1. The summed E-state index contributed by atoms with van der Waals surface area (Å²) in [7, 11) is 1.35. The van der Waals surface area contributed by atoms with Gasteiger partial charge in [-0.05, 0) is 43.5 Å². The van der Waals surface area contributed by atoms with Crippen LogP contribution < -0.4 is 15.8 Å². The van der Waals surface area contributed by atoms with Crippen LogP contribution >= 0.6 is 0 Å². The molecule has 0 aliphatic heterocycles. The molecule has 2 unspecified atom stereocenters. The Kier molecular flexibility index (Phi) is 4.42. The first-order valence-electron chi connectivity index (χ1n) is 6.67. The average Bonchev–Trinajstić information content (AvgIpc) is 2.85. The Morgan fingerprint density at radius 2 is 2.10 bits per heavy atom. The second-order valence-electron chi connectivity index (χ2n) is 5.09. The molecule has 112 valence electrons. The zero-order chi connectivity index (χ0) is 14.8. The van der Waals surface area contributed by atoms with Crippen molar-refractivity contribution >= 4 is 5.69 Å². The molecule has 1 aliphatic rings. The third-order valence-electron chi connectivity index (χ3n) is 3.83. The van der Waals surface area contributed by atoms with E-state index in [4.69, 9.17) is 10.5 Å². The predicted octanol–water partition coefficient (Wildman–Crippen LogP) is 3.25. The van der Waals surface area contributed by atoms with Gasteiger partial charge in [0, 0.05) is 11.7 Å². The molecule has 0 heterocycles. The first kappa shape index (κ1) is 15.0. The van der Waals surface area contributed by atoms with E-state index in [9.17, 15) is 13.2 Å². The average molecular weight is 288 g/mol. The maximum Gasteiger partial charge on any atom is 0.418 e. The Morgan fingerprint density at radius 1 is 1.35 bits per heavy atom. The summed E-state index contributed by atoms with van der Waals surface area (Å²) in [5.74, 6) is 0.433. The highest BCUT2D eigenvalue weighted by Crippen LogP contribution is 2.38. The molecule has 1 aliphatic carbocycles. The van der Waals surface area contributed by atoms with Crippen LogP contribution in [0, 0.1) is 5.92 Å². The first-order valence-corrected chi connectivity index (χ1v) is 6.67. The van der Waals surface area contributed by atoms with Crippen molar-refractivity contribution in [2.24, 2.45) is 11.7 Å². The van der Waals surface area contributed by atoms with Crippen molar-refractivity contribution in [3.05, 3.63) is 23.8 Å². The van der Waals surface area contributed by atoms with Crippen LogP contribution in [-0.2, 0) is 6.18 Å². The van der Waals surface area contributed by atoms with E-state index in [1.54, 1.807) is 0 Å². The third-order valence-corrected chi connectivity index (χ3v) is 3.83. The standard InChI is InChI=1S/C14H19F3N2O/c1-20-10-5-6-13(11(7-10)14(15,16)17)19-12-4-2-3-9(12)8-18/h5-7,9,12,19H,2-4,8,18H2,1H3. The Bertz CT molecular complexity index is 462. The quantitative estimate of drug-likeness (QED) is 0.894. The van der Waals surface area contributed by atoms with Gasteiger partial charge in [0.15, 0.2) is 0 Å². The number of hydrogen-bond donors (Lipinski definition) is 2. The Hall–Kier alpha value is -1.43. The van der Waals surface area contributed by atoms with Crippen LogP contribution in [-0.4, -0.2) is 19.7 Å². The van der Waals surface area contributed by atoms with Crippen molar-refractivity contribution in [1.82, 2.24) is 0 Å². The Balaban J connectivity index is 2.26. The van der Waals surface area contributed by atoms with Gasteiger partial charge in [0.1, 0.15) is 5.75 Å². The Morgan fingerprint density at radius 3 is 2.70 bits per heavy atom. The number of hydrogen-bond acceptors (Lipinski definition) is 3. The summed E-state index contributed by atoms with van der Waals surface area (Å²) in [5, 5.41) is 3.01. The van der Waals surface area contributed by atoms with Gasteiger partial charge in [0.05, 0.1) is 12.7 Å². The number of alkyl halides is 3. The molecule has 1 saturated carbocycles. The molecule has 0 saturated heterocycles. The van der Waals surface area contributed by atoms with Crippen molar-refractivity contribution in [3.8, 4) is 5.75 Å². The highest BCUT2D eigenvalue weighted by atomic mass is 19.4. The van der Waals surface area contributed by atoms with E-state index in [1.807, 2.05) is 0 Å². The van der Waals surface area contributed by atoms with Gasteiger partial charge in [-0.2, -0.15) is 13.2 Å². The molecule has 2 atom stereocenters. The molecule has 1 aromatic rings. The molecule has 0 bridgehead atoms. The SMILES string of the molecule is COc1ccc(NC2CCCC2CN)c(C(F)(F)F)c1. The maximum atomic E-state index is 13.1. The molecular weight excluding hydrogens is 269 g/mol. The van der Waals surface area contributed by atoms with E-state index in [-0.39, 0.29) is 23.4 Å². The van der Waals surface area contributed by atoms with Gasteiger partial charge in [-0.3, -0.25) is 0 Å². The lowest BCUT2D eigenvalue weighted by molar-refractivity contribution is -0.137. The summed E-state index contributed by atoms with van der Waals surface area (Å²) in [5.41, 5.74) is 5.07. The van der Waals surface area contributed by atoms with Crippen LogP contribution in [0.2, 0.25) is 0 Å². The van der Waals surface area contributed by atoms with Crippen LogP contribution in [0.3, 0.4) is 0 Å². The van der Waals surface area contributed by atoms with E-state index in [0.717, 1.165) is 25.3 Å². The molecule has 3 nitrogen and oxygen atoms in total. The fourth-order valence-corrected chi connectivity index (χ4v) is 2.72. The van der Waals surface area contributed by atoms with Gasteiger partial charge in [-0.1, -0.05) is 6.42 Å². The molecule has 0 spiro atoms. The number of halogens is 3.